The van der Waals surface area contributed by atoms with Crippen LogP contribution in [0.2, 0.25) is 0 Å². The van der Waals surface area contributed by atoms with E-state index >= 15 is 0 Å². The molecule has 4 heterocycles. The predicted octanol–water partition coefficient (Wildman–Crippen LogP) is 4.54. The number of aromatic amines is 1. The Hall–Kier alpha value is -2.75. The second kappa shape index (κ2) is 9.61. The molecular formula is C26H39FN8O. The molecule has 0 aromatic carbocycles. The molecule has 36 heavy (non-hydrogen) atoms. The van der Waals surface area contributed by atoms with Crippen LogP contribution in [0.4, 0.5) is 20.8 Å². The zero-order chi connectivity index (χ0) is 25.6. The van der Waals surface area contributed by atoms with Gasteiger partial charge in [0.25, 0.3) is 0 Å². The third-order valence-corrected chi connectivity index (χ3v) is 8.38. The first-order chi connectivity index (χ1) is 17.1. The molecule has 0 unspecified atom stereocenters. The number of urea groups is 1. The second-order valence-corrected chi connectivity index (χ2v) is 11.4. The van der Waals surface area contributed by atoms with Crippen molar-refractivity contribution in [3.05, 3.63) is 29.1 Å². The van der Waals surface area contributed by atoms with Crippen LogP contribution >= 0.6 is 0 Å². The van der Waals surface area contributed by atoms with Crippen LogP contribution in [0.5, 0.6) is 0 Å². The Labute approximate surface area is 212 Å². The molecule has 2 aromatic heterocycles. The molecule has 2 aromatic rings. The van der Waals surface area contributed by atoms with Crippen LogP contribution in [0.3, 0.4) is 0 Å². The van der Waals surface area contributed by atoms with E-state index in [0.717, 1.165) is 43.0 Å². The maximum Gasteiger partial charge on any atom is 0.321 e. The van der Waals surface area contributed by atoms with Crippen molar-refractivity contribution < 1.29 is 9.18 Å². The lowest BCUT2D eigenvalue weighted by Gasteiger charge is -2.47. The van der Waals surface area contributed by atoms with Gasteiger partial charge in [0.2, 0.25) is 0 Å². The highest BCUT2D eigenvalue weighted by molar-refractivity contribution is 5.78. The van der Waals surface area contributed by atoms with E-state index in [1.807, 2.05) is 23.6 Å². The zero-order valence-corrected chi connectivity index (χ0v) is 22.1. The maximum absolute atomic E-state index is 14.3. The lowest BCUT2D eigenvalue weighted by atomic mass is 9.88. The van der Waals surface area contributed by atoms with Gasteiger partial charge >= 0.3 is 6.03 Å². The number of anilines is 2. The van der Waals surface area contributed by atoms with E-state index in [2.05, 4.69) is 44.2 Å². The summed E-state index contributed by atoms with van der Waals surface area (Å²) in [5.74, 6) is 1.28. The normalized spacial score (nSPS) is 24.7. The Morgan fingerprint density at radius 3 is 2.67 bits per heavy atom. The van der Waals surface area contributed by atoms with Crippen molar-refractivity contribution in [2.45, 2.75) is 90.9 Å². The minimum Gasteiger partial charge on any atom is -0.321 e. The summed E-state index contributed by atoms with van der Waals surface area (Å²) in [5, 5.41) is 10.5. The number of hydrogen-bond acceptors (Lipinski definition) is 6. The summed E-state index contributed by atoms with van der Waals surface area (Å²) >= 11 is 0. The number of piperazine rings is 1. The van der Waals surface area contributed by atoms with E-state index < -0.39 is 11.4 Å². The molecule has 1 aliphatic carbocycles. The topological polar surface area (TPSA) is 93.3 Å². The van der Waals surface area contributed by atoms with Crippen LogP contribution in [-0.4, -0.2) is 72.6 Å². The smallest absolute Gasteiger partial charge is 0.321 e. The third-order valence-electron chi connectivity index (χ3n) is 8.38. The first-order valence-corrected chi connectivity index (χ1v) is 13.3. The lowest BCUT2D eigenvalue weighted by molar-refractivity contribution is 0.0256. The van der Waals surface area contributed by atoms with Crippen LogP contribution in [0, 0.1) is 18.7 Å². The third kappa shape index (κ3) is 4.55. The molecule has 1 saturated heterocycles. The van der Waals surface area contributed by atoms with Crippen molar-refractivity contribution in [2.24, 2.45) is 5.92 Å². The average Bonchev–Trinajstić information content (AvgIpc) is 3.36. The molecule has 1 saturated carbocycles. The van der Waals surface area contributed by atoms with Crippen molar-refractivity contribution in [3.8, 4) is 0 Å². The average molecular weight is 499 g/mol. The number of carbonyl (C=O) groups is 1. The molecule has 2 aliphatic heterocycles. The number of amides is 2. The summed E-state index contributed by atoms with van der Waals surface area (Å²) < 4.78 is 14.3. The number of nitrogens with zero attached hydrogens (tertiary/aromatic N) is 6. The Morgan fingerprint density at radius 2 is 1.92 bits per heavy atom. The molecule has 5 rings (SSSR count). The quantitative estimate of drug-likeness (QED) is 0.643. The van der Waals surface area contributed by atoms with Gasteiger partial charge in [-0.3, -0.25) is 10.00 Å². The summed E-state index contributed by atoms with van der Waals surface area (Å²) in [5.41, 5.74) is 1.16. The number of rotatable bonds is 4. The number of hydrogen-bond donors (Lipinski definition) is 2. The van der Waals surface area contributed by atoms with Gasteiger partial charge in [0, 0.05) is 37.3 Å². The molecular weight excluding hydrogens is 459 g/mol. The fourth-order valence-corrected chi connectivity index (χ4v) is 6.16. The number of halogens is 1. The molecule has 10 heteroatoms. The van der Waals surface area contributed by atoms with Gasteiger partial charge in [0.05, 0.1) is 24.0 Å². The standard InChI is InChI=1S/C26H39FN8O/c1-16-13-34(17(2)12-33(16)14-19-9-7-6-8-10-19)25(36)35-15-20-22(26(35,4)5)31-32-23(20)30-24-21(27)11-28-18(3)29-24/h11,16-17,19H,6-10,12-15H2,1-5H3,(H2,28,29,30,31,32)/t16-,17+/m1/s1. The highest BCUT2D eigenvalue weighted by atomic mass is 19.1. The predicted molar refractivity (Wildman–Crippen MR) is 136 cm³/mol. The number of nitrogens with one attached hydrogen (secondary N) is 2. The molecule has 0 spiro atoms. The van der Waals surface area contributed by atoms with Crippen molar-refractivity contribution in [1.82, 2.24) is 34.9 Å². The first-order valence-electron chi connectivity index (χ1n) is 13.3. The van der Waals surface area contributed by atoms with Gasteiger partial charge in [0.1, 0.15) is 5.82 Å². The van der Waals surface area contributed by atoms with E-state index in [9.17, 15) is 9.18 Å². The molecule has 2 amide bonds. The largest absolute Gasteiger partial charge is 0.321 e. The van der Waals surface area contributed by atoms with Crippen LogP contribution in [0.25, 0.3) is 0 Å². The van der Waals surface area contributed by atoms with E-state index in [1.54, 1.807) is 6.92 Å². The van der Waals surface area contributed by atoms with Crippen LogP contribution < -0.4 is 5.32 Å². The minimum atomic E-state index is -0.568. The van der Waals surface area contributed by atoms with Crippen molar-refractivity contribution in [1.29, 1.82) is 0 Å². The fraction of sp³-hybridized carbons (Fsp3) is 0.692. The molecule has 2 fully saturated rings. The second-order valence-electron chi connectivity index (χ2n) is 11.4. The summed E-state index contributed by atoms with van der Waals surface area (Å²) in [6.07, 6.45) is 7.90. The van der Waals surface area contributed by atoms with Gasteiger partial charge in [-0.05, 0) is 53.4 Å². The van der Waals surface area contributed by atoms with Crippen LogP contribution in [0.15, 0.2) is 6.20 Å². The first kappa shape index (κ1) is 24.9. The van der Waals surface area contributed by atoms with E-state index in [1.165, 1.54) is 32.1 Å². The highest BCUT2D eigenvalue weighted by Gasteiger charge is 2.47. The summed E-state index contributed by atoms with van der Waals surface area (Å²) in [4.78, 5) is 28.5. The van der Waals surface area contributed by atoms with E-state index in [-0.39, 0.29) is 17.9 Å². The van der Waals surface area contributed by atoms with Crippen LogP contribution in [0.1, 0.15) is 76.9 Å². The number of aromatic nitrogens is 4. The number of carbonyl (C=O) groups excluding carboxylic acids is 1. The SMILES string of the molecule is Cc1ncc(F)c(Nc2n[nH]c3c2CN(C(=O)N2C[C@@H](C)N(CC4CCCCC4)C[C@@H]2C)C3(C)C)n1. The van der Waals surface area contributed by atoms with Gasteiger partial charge in [-0.15, -0.1) is 0 Å². The highest BCUT2D eigenvalue weighted by Crippen LogP contribution is 2.42. The number of H-pyrrole nitrogens is 1. The molecule has 3 aliphatic rings. The maximum atomic E-state index is 14.3. The molecule has 2 atom stereocenters. The van der Waals surface area contributed by atoms with Gasteiger partial charge in [0.15, 0.2) is 17.5 Å². The van der Waals surface area contributed by atoms with Gasteiger partial charge in [-0.25, -0.2) is 19.2 Å². The number of aryl methyl sites for hydroxylation is 1. The summed E-state index contributed by atoms with van der Waals surface area (Å²) in [7, 11) is 0. The van der Waals surface area contributed by atoms with Gasteiger partial charge in [-0.1, -0.05) is 19.3 Å². The van der Waals surface area contributed by atoms with Gasteiger partial charge < -0.3 is 15.1 Å². The van der Waals surface area contributed by atoms with Gasteiger partial charge in [-0.2, -0.15) is 5.10 Å². The van der Waals surface area contributed by atoms with Crippen LogP contribution in [-0.2, 0) is 12.1 Å². The minimum absolute atomic E-state index is 0.0382. The van der Waals surface area contributed by atoms with Crippen molar-refractivity contribution in [3.63, 3.8) is 0 Å². The Kier molecular flexibility index (Phi) is 6.65. The molecule has 9 nitrogen and oxygen atoms in total. The fourth-order valence-electron chi connectivity index (χ4n) is 6.16. The molecule has 196 valence electrons. The van der Waals surface area contributed by atoms with E-state index in [4.69, 9.17) is 0 Å². The summed E-state index contributed by atoms with van der Waals surface area (Å²) in [6, 6.07) is 0.510. The number of fused-ring (bicyclic) bond motifs is 1. The molecule has 2 N–H and O–H groups in total. The molecule has 0 radical (unpaired) electrons. The van der Waals surface area contributed by atoms with Crippen molar-refractivity contribution >= 4 is 17.7 Å². The Balaban J connectivity index is 1.29. The Bertz CT molecular complexity index is 1110. The summed E-state index contributed by atoms with van der Waals surface area (Å²) in [6.45, 7) is 13.3. The van der Waals surface area contributed by atoms with Crippen molar-refractivity contribution in [2.75, 3.05) is 25.0 Å². The Morgan fingerprint density at radius 1 is 1.17 bits per heavy atom. The van der Waals surface area contributed by atoms with E-state index in [0.29, 0.717) is 24.2 Å². The monoisotopic (exact) mass is 498 g/mol. The lowest BCUT2D eigenvalue weighted by Crippen LogP contribution is -2.62. The zero-order valence-electron chi connectivity index (χ0n) is 22.1. The molecule has 0 bridgehead atoms.